The van der Waals surface area contributed by atoms with Crippen LogP contribution in [0.5, 0.6) is 5.75 Å². The molecular formula is C19H16ClN3O3. The molecule has 0 atom stereocenters. The number of carbonyl (C=O) groups is 1. The van der Waals surface area contributed by atoms with Crippen LogP contribution in [0.15, 0.2) is 59.4 Å². The van der Waals surface area contributed by atoms with Crippen molar-refractivity contribution >= 4 is 23.2 Å². The van der Waals surface area contributed by atoms with Gasteiger partial charge in [-0.15, -0.1) is 0 Å². The minimum atomic E-state index is -0.464. The van der Waals surface area contributed by atoms with Gasteiger partial charge in [-0.3, -0.25) is 9.59 Å². The van der Waals surface area contributed by atoms with Gasteiger partial charge in [0, 0.05) is 23.2 Å². The van der Waals surface area contributed by atoms with Gasteiger partial charge in [-0.25, -0.2) is 4.98 Å². The van der Waals surface area contributed by atoms with Crippen LogP contribution in [0.4, 0.5) is 5.69 Å². The lowest BCUT2D eigenvalue weighted by Gasteiger charge is -2.07. The number of rotatable bonds is 5. The van der Waals surface area contributed by atoms with Crippen LogP contribution in [0.2, 0.25) is 5.02 Å². The maximum absolute atomic E-state index is 12.4. The minimum absolute atomic E-state index is 0.0483. The molecule has 0 bridgehead atoms. The molecule has 2 N–H and O–H groups in total. The van der Waals surface area contributed by atoms with Gasteiger partial charge in [0.1, 0.15) is 17.3 Å². The van der Waals surface area contributed by atoms with E-state index in [0.29, 0.717) is 23.0 Å². The van der Waals surface area contributed by atoms with E-state index in [1.165, 1.54) is 6.07 Å². The van der Waals surface area contributed by atoms with E-state index < -0.39 is 5.91 Å². The topological polar surface area (TPSA) is 84.1 Å². The van der Waals surface area contributed by atoms with Crippen molar-refractivity contribution in [2.45, 2.75) is 6.42 Å². The van der Waals surface area contributed by atoms with Crippen LogP contribution in [-0.2, 0) is 6.42 Å². The molecule has 0 aliphatic rings. The highest BCUT2D eigenvalue weighted by Gasteiger charge is 2.11. The molecule has 2 aromatic carbocycles. The number of nitrogens with zero attached hydrogens (tertiary/aromatic N) is 1. The first-order chi connectivity index (χ1) is 12.5. The fourth-order valence-electron chi connectivity index (χ4n) is 2.37. The van der Waals surface area contributed by atoms with E-state index in [1.807, 2.05) is 24.3 Å². The Balaban J connectivity index is 1.78. The van der Waals surface area contributed by atoms with Crippen LogP contribution >= 0.6 is 11.6 Å². The molecular weight excluding hydrogens is 354 g/mol. The highest BCUT2D eigenvalue weighted by molar-refractivity contribution is 6.30. The van der Waals surface area contributed by atoms with Crippen molar-refractivity contribution in [1.82, 2.24) is 9.97 Å². The fraction of sp³-hybridized carbons (Fsp3) is 0.105. The van der Waals surface area contributed by atoms with Gasteiger partial charge in [0.05, 0.1) is 7.11 Å². The van der Waals surface area contributed by atoms with Gasteiger partial charge >= 0.3 is 0 Å². The first kappa shape index (κ1) is 17.7. The summed E-state index contributed by atoms with van der Waals surface area (Å²) in [5.74, 6) is 0.685. The van der Waals surface area contributed by atoms with Gasteiger partial charge in [0.2, 0.25) is 0 Å². The molecule has 6 nitrogen and oxygen atoms in total. The summed E-state index contributed by atoms with van der Waals surface area (Å²) in [6.45, 7) is 0. The summed E-state index contributed by atoms with van der Waals surface area (Å²) in [5.41, 5.74) is 1.17. The molecule has 7 heteroatoms. The van der Waals surface area contributed by atoms with E-state index in [-0.39, 0.29) is 11.3 Å². The molecule has 3 aromatic rings. The Morgan fingerprint density at radius 1 is 1.15 bits per heavy atom. The van der Waals surface area contributed by atoms with E-state index in [4.69, 9.17) is 16.3 Å². The normalized spacial score (nSPS) is 10.4. The lowest BCUT2D eigenvalue weighted by molar-refractivity contribution is 0.102. The predicted octanol–water partition coefficient (Wildman–Crippen LogP) is 3.28. The van der Waals surface area contributed by atoms with E-state index in [1.54, 1.807) is 31.4 Å². The number of anilines is 1. The Morgan fingerprint density at radius 3 is 2.50 bits per heavy atom. The molecule has 0 unspecified atom stereocenters. The first-order valence-electron chi connectivity index (χ1n) is 7.83. The summed E-state index contributed by atoms with van der Waals surface area (Å²) in [5, 5.41) is 3.26. The molecule has 0 aliphatic heterocycles. The molecule has 3 rings (SSSR count). The number of hydrogen-bond acceptors (Lipinski definition) is 4. The Bertz CT molecular complexity index is 967. The Morgan fingerprint density at radius 2 is 1.85 bits per heavy atom. The van der Waals surface area contributed by atoms with Gasteiger partial charge < -0.3 is 15.0 Å². The Kier molecular flexibility index (Phi) is 5.34. The molecule has 26 heavy (non-hydrogen) atoms. The molecule has 0 radical (unpaired) electrons. The third-order valence-corrected chi connectivity index (χ3v) is 3.91. The number of methoxy groups -OCH3 is 1. The van der Waals surface area contributed by atoms with Gasteiger partial charge in [0.15, 0.2) is 0 Å². The summed E-state index contributed by atoms with van der Waals surface area (Å²) in [6, 6.07) is 15.2. The van der Waals surface area contributed by atoms with Crippen LogP contribution in [0, 0.1) is 0 Å². The number of aromatic nitrogens is 2. The monoisotopic (exact) mass is 369 g/mol. The van der Waals surface area contributed by atoms with Gasteiger partial charge in [-0.2, -0.15) is 0 Å². The quantitative estimate of drug-likeness (QED) is 0.722. The number of aromatic amines is 1. The van der Waals surface area contributed by atoms with Crippen molar-refractivity contribution in [1.29, 1.82) is 0 Å². The van der Waals surface area contributed by atoms with Gasteiger partial charge in [0.25, 0.3) is 11.5 Å². The van der Waals surface area contributed by atoms with Crippen molar-refractivity contribution in [3.05, 3.63) is 87.1 Å². The summed E-state index contributed by atoms with van der Waals surface area (Å²) in [4.78, 5) is 31.2. The zero-order chi connectivity index (χ0) is 18.5. The van der Waals surface area contributed by atoms with Gasteiger partial charge in [-0.05, 0) is 42.0 Å². The van der Waals surface area contributed by atoms with Crippen molar-refractivity contribution in [2.75, 3.05) is 12.4 Å². The van der Waals surface area contributed by atoms with E-state index in [2.05, 4.69) is 15.3 Å². The van der Waals surface area contributed by atoms with Crippen molar-refractivity contribution < 1.29 is 9.53 Å². The maximum Gasteiger partial charge on any atom is 0.274 e. The van der Waals surface area contributed by atoms with Crippen LogP contribution in [0.25, 0.3) is 0 Å². The zero-order valence-corrected chi connectivity index (χ0v) is 14.7. The summed E-state index contributed by atoms with van der Waals surface area (Å²) >= 11 is 5.82. The zero-order valence-electron chi connectivity index (χ0n) is 14.0. The molecule has 0 fully saturated rings. The maximum atomic E-state index is 12.4. The average molecular weight is 370 g/mol. The Hall–Kier alpha value is -3.12. The second kappa shape index (κ2) is 7.84. The third kappa shape index (κ3) is 4.49. The van der Waals surface area contributed by atoms with Crippen molar-refractivity contribution in [3.8, 4) is 5.75 Å². The lowest BCUT2D eigenvalue weighted by Crippen LogP contribution is -2.20. The van der Waals surface area contributed by atoms with Crippen molar-refractivity contribution in [2.24, 2.45) is 0 Å². The highest BCUT2D eigenvalue weighted by Crippen LogP contribution is 2.15. The number of H-pyrrole nitrogens is 1. The largest absolute Gasteiger partial charge is 0.497 e. The molecule has 0 aliphatic carbocycles. The van der Waals surface area contributed by atoms with Crippen LogP contribution in [0.1, 0.15) is 21.9 Å². The van der Waals surface area contributed by atoms with Crippen LogP contribution in [0.3, 0.4) is 0 Å². The lowest BCUT2D eigenvalue weighted by atomic mass is 10.1. The number of halogens is 1. The number of benzene rings is 2. The molecule has 1 amide bonds. The van der Waals surface area contributed by atoms with Crippen LogP contribution in [-0.4, -0.2) is 23.0 Å². The van der Waals surface area contributed by atoms with Gasteiger partial charge in [-0.1, -0.05) is 23.7 Å². The Labute approximate surface area is 154 Å². The summed E-state index contributed by atoms with van der Waals surface area (Å²) in [6.07, 6.45) is 0.390. The summed E-state index contributed by atoms with van der Waals surface area (Å²) < 4.78 is 5.12. The molecule has 1 heterocycles. The van der Waals surface area contributed by atoms with E-state index in [9.17, 15) is 9.59 Å². The second-order valence-corrected chi connectivity index (χ2v) is 6.00. The average Bonchev–Trinajstić information content (AvgIpc) is 2.64. The number of carbonyl (C=O) groups excluding carboxylic acids is 1. The molecule has 0 saturated carbocycles. The number of amides is 1. The third-order valence-electron chi connectivity index (χ3n) is 3.66. The molecule has 132 valence electrons. The first-order valence-corrected chi connectivity index (χ1v) is 8.21. The van der Waals surface area contributed by atoms with E-state index in [0.717, 1.165) is 11.3 Å². The SMILES string of the molecule is COc1ccc(Cc2nc(C(=O)Nc3ccc(Cl)cc3)cc(=O)[nH]2)cc1. The second-order valence-electron chi connectivity index (χ2n) is 5.56. The molecule has 0 spiro atoms. The van der Waals surface area contributed by atoms with Crippen molar-refractivity contribution in [3.63, 3.8) is 0 Å². The number of hydrogen-bond donors (Lipinski definition) is 2. The summed E-state index contributed by atoms with van der Waals surface area (Å²) in [7, 11) is 1.59. The highest BCUT2D eigenvalue weighted by atomic mass is 35.5. The smallest absolute Gasteiger partial charge is 0.274 e. The minimum Gasteiger partial charge on any atom is -0.497 e. The number of nitrogens with one attached hydrogen (secondary N) is 2. The predicted molar refractivity (Wildman–Crippen MR) is 100 cm³/mol. The standard InChI is InChI=1S/C19H16ClN3O3/c1-26-15-8-2-12(3-9-15)10-17-22-16(11-18(24)23-17)19(25)21-14-6-4-13(20)5-7-14/h2-9,11H,10H2,1H3,(H,21,25)(H,22,23,24). The molecule has 0 saturated heterocycles. The number of ether oxygens (including phenoxy) is 1. The van der Waals surface area contributed by atoms with E-state index >= 15 is 0 Å². The van der Waals surface area contributed by atoms with Crippen LogP contribution < -0.4 is 15.6 Å². The fourth-order valence-corrected chi connectivity index (χ4v) is 2.50. The molecule has 1 aromatic heterocycles.